The van der Waals surface area contributed by atoms with Crippen LogP contribution in [0.4, 0.5) is 5.69 Å². The molecule has 0 unspecified atom stereocenters. The number of carbonyl (C=O) groups is 2. The Labute approximate surface area is 148 Å². The van der Waals surface area contributed by atoms with Crippen molar-refractivity contribution in [2.75, 3.05) is 5.73 Å². The van der Waals surface area contributed by atoms with Crippen molar-refractivity contribution in [2.45, 2.75) is 4.90 Å². The topological polar surface area (TPSA) is 101 Å². The van der Waals surface area contributed by atoms with Crippen LogP contribution in [0.5, 0.6) is 0 Å². The molecule has 8 heteroatoms. The molecule has 116 valence electrons. The van der Waals surface area contributed by atoms with E-state index in [2.05, 4.69) is 44.5 Å². The number of hydrogen-bond donors (Lipinski definition) is 4. The zero-order valence-corrected chi connectivity index (χ0v) is 15.0. The molecule has 2 aromatic rings. The highest BCUT2D eigenvalue weighted by Crippen LogP contribution is 2.19. The number of anilines is 1. The first-order chi connectivity index (χ1) is 10.2. The van der Waals surface area contributed by atoms with Crippen LogP contribution in [0, 0.1) is 0 Å². The summed E-state index contributed by atoms with van der Waals surface area (Å²) in [5.74, 6) is -1.96. The van der Waals surface area contributed by atoms with Gasteiger partial charge in [-0.15, -0.1) is 12.6 Å². The van der Waals surface area contributed by atoms with E-state index in [4.69, 9.17) is 15.9 Å². The summed E-state index contributed by atoms with van der Waals surface area (Å²) in [4.78, 5) is 21.4. The molecular formula is C14H11Br2NO4S. The van der Waals surface area contributed by atoms with Crippen molar-refractivity contribution >= 4 is 62.1 Å². The molecule has 22 heavy (non-hydrogen) atoms. The fraction of sp³-hybridized carbons (Fsp3) is 0. The van der Waals surface area contributed by atoms with E-state index < -0.39 is 11.9 Å². The minimum atomic E-state index is -1.00. The molecule has 0 heterocycles. The largest absolute Gasteiger partial charge is 0.478 e. The third-order valence-electron chi connectivity index (χ3n) is 2.43. The van der Waals surface area contributed by atoms with Gasteiger partial charge in [0.05, 0.1) is 11.1 Å². The summed E-state index contributed by atoms with van der Waals surface area (Å²) < 4.78 is 1.60. The summed E-state index contributed by atoms with van der Waals surface area (Å²) in [6.07, 6.45) is 0. The SMILES string of the molecule is Nc1cc(Br)ccc1C(=O)O.O=C(O)c1ccc(Br)cc1S. The Morgan fingerprint density at radius 3 is 1.77 bits per heavy atom. The number of carboxylic acids is 2. The maximum absolute atomic E-state index is 10.5. The molecule has 5 nitrogen and oxygen atoms in total. The summed E-state index contributed by atoms with van der Waals surface area (Å²) in [5, 5.41) is 17.2. The van der Waals surface area contributed by atoms with Gasteiger partial charge in [-0.3, -0.25) is 0 Å². The quantitative estimate of drug-likeness (QED) is 0.408. The lowest BCUT2D eigenvalue weighted by molar-refractivity contribution is 0.0684. The van der Waals surface area contributed by atoms with E-state index in [0.717, 1.165) is 8.95 Å². The number of rotatable bonds is 2. The molecule has 0 spiro atoms. The second-order valence-corrected chi connectivity index (χ2v) is 6.32. The van der Waals surface area contributed by atoms with Crippen molar-refractivity contribution in [1.29, 1.82) is 0 Å². The van der Waals surface area contributed by atoms with E-state index in [-0.39, 0.29) is 16.8 Å². The zero-order chi connectivity index (χ0) is 16.9. The molecule has 0 radical (unpaired) electrons. The average molecular weight is 449 g/mol. The Kier molecular flexibility index (Phi) is 6.92. The van der Waals surface area contributed by atoms with E-state index in [1.54, 1.807) is 24.3 Å². The Morgan fingerprint density at radius 2 is 1.36 bits per heavy atom. The zero-order valence-electron chi connectivity index (χ0n) is 11.0. The molecule has 4 N–H and O–H groups in total. The first kappa shape index (κ1) is 18.5. The number of carboxylic acid groups (broad SMARTS) is 2. The highest BCUT2D eigenvalue weighted by Gasteiger charge is 2.06. The van der Waals surface area contributed by atoms with Gasteiger partial charge in [0.15, 0.2) is 0 Å². The summed E-state index contributed by atoms with van der Waals surface area (Å²) in [6.45, 7) is 0. The van der Waals surface area contributed by atoms with E-state index in [1.807, 2.05) is 0 Å². The molecular weight excluding hydrogens is 438 g/mol. The number of hydrogen-bond acceptors (Lipinski definition) is 4. The molecule has 0 saturated carbocycles. The van der Waals surface area contributed by atoms with Crippen LogP contribution in [0.2, 0.25) is 0 Å². The highest BCUT2D eigenvalue weighted by atomic mass is 79.9. The van der Waals surface area contributed by atoms with Crippen LogP contribution in [0.3, 0.4) is 0 Å². The van der Waals surface area contributed by atoms with Gasteiger partial charge in [-0.25, -0.2) is 9.59 Å². The normalized spacial score (nSPS) is 9.59. The summed E-state index contributed by atoms with van der Waals surface area (Å²) in [7, 11) is 0. The first-order valence-electron chi connectivity index (χ1n) is 5.72. The van der Waals surface area contributed by atoms with Crippen LogP contribution in [-0.2, 0) is 0 Å². The molecule has 0 aliphatic carbocycles. The molecule has 2 aromatic carbocycles. The minimum Gasteiger partial charge on any atom is -0.478 e. The molecule has 0 aliphatic rings. The van der Waals surface area contributed by atoms with Crippen LogP contribution in [0.1, 0.15) is 20.7 Å². The molecule has 0 bridgehead atoms. The molecule has 2 rings (SSSR count). The monoisotopic (exact) mass is 447 g/mol. The predicted octanol–water partition coefficient (Wildman–Crippen LogP) is 4.17. The fourth-order valence-corrected chi connectivity index (χ4v) is 2.64. The van der Waals surface area contributed by atoms with Crippen LogP contribution in [-0.4, -0.2) is 22.2 Å². The maximum atomic E-state index is 10.5. The van der Waals surface area contributed by atoms with Gasteiger partial charge in [0.25, 0.3) is 0 Å². The minimum absolute atomic E-state index is 0.133. The van der Waals surface area contributed by atoms with Crippen molar-refractivity contribution in [2.24, 2.45) is 0 Å². The van der Waals surface area contributed by atoms with Gasteiger partial charge >= 0.3 is 11.9 Å². The maximum Gasteiger partial charge on any atom is 0.337 e. The fourth-order valence-electron chi connectivity index (χ4n) is 1.41. The molecule has 0 saturated heterocycles. The molecule has 0 fully saturated rings. The van der Waals surface area contributed by atoms with E-state index >= 15 is 0 Å². The number of thiol groups is 1. The van der Waals surface area contributed by atoms with E-state index in [9.17, 15) is 9.59 Å². The smallest absolute Gasteiger partial charge is 0.337 e. The molecule has 0 atom stereocenters. The van der Waals surface area contributed by atoms with Gasteiger partial charge < -0.3 is 15.9 Å². The van der Waals surface area contributed by atoms with Gasteiger partial charge in [-0.05, 0) is 36.4 Å². The molecule has 0 amide bonds. The highest BCUT2D eigenvalue weighted by molar-refractivity contribution is 9.10. The van der Waals surface area contributed by atoms with Gasteiger partial charge in [0.1, 0.15) is 0 Å². The molecule has 0 aromatic heterocycles. The Hall–Kier alpha value is -1.51. The van der Waals surface area contributed by atoms with Crippen molar-refractivity contribution in [3.63, 3.8) is 0 Å². The number of nitrogens with two attached hydrogens (primary N) is 1. The third kappa shape index (κ3) is 5.36. The van der Waals surface area contributed by atoms with Crippen LogP contribution in [0.25, 0.3) is 0 Å². The number of benzene rings is 2. The summed E-state index contributed by atoms with van der Waals surface area (Å²) in [5.41, 5.74) is 6.03. The molecule has 0 aliphatic heterocycles. The van der Waals surface area contributed by atoms with Crippen LogP contribution >= 0.6 is 44.5 Å². The number of nitrogen functional groups attached to an aromatic ring is 1. The lowest BCUT2D eigenvalue weighted by Crippen LogP contribution is -2.01. The summed E-state index contributed by atoms with van der Waals surface area (Å²) >= 11 is 10.4. The van der Waals surface area contributed by atoms with Crippen molar-refractivity contribution in [1.82, 2.24) is 0 Å². The summed E-state index contributed by atoms with van der Waals surface area (Å²) in [6, 6.07) is 9.48. The van der Waals surface area contributed by atoms with Crippen LogP contribution < -0.4 is 5.73 Å². The predicted molar refractivity (Wildman–Crippen MR) is 93.9 cm³/mol. The third-order valence-corrected chi connectivity index (χ3v) is 3.79. The standard InChI is InChI=1S/C7H6BrNO2.C7H5BrO2S/c8-4-1-2-5(7(10)11)6(9)3-4;8-4-1-2-5(7(9)10)6(11)3-4/h1-3H,9H2,(H,10,11);1-3,11H,(H,9,10). The van der Waals surface area contributed by atoms with Crippen molar-refractivity contribution in [3.8, 4) is 0 Å². The van der Waals surface area contributed by atoms with Crippen LogP contribution in [0.15, 0.2) is 50.2 Å². The van der Waals surface area contributed by atoms with E-state index in [1.165, 1.54) is 12.1 Å². The second-order valence-electron chi connectivity index (χ2n) is 4.00. The first-order valence-corrected chi connectivity index (χ1v) is 7.75. The van der Waals surface area contributed by atoms with Gasteiger partial charge in [0.2, 0.25) is 0 Å². The van der Waals surface area contributed by atoms with E-state index in [0.29, 0.717) is 4.90 Å². The van der Waals surface area contributed by atoms with Gasteiger partial charge in [-0.2, -0.15) is 0 Å². The number of halogens is 2. The van der Waals surface area contributed by atoms with Gasteiger partial charge in [0, 0.05) is 19.5 Å². The second kappa shape index (κ2) is 8.21. The average Bonchev–Trinajstić information content (AvgIpc) is 2.38. The number of aromatic carboxylic acids is 2. The lowest BCUT2D eigenvalue weighted by Gasteiger charge is -1.99. The Morgan fingerprint density at radius 1 is 0.909 bits per heavy atom. The van der Waals surface area contributed by atoms with Gasteiger partial charge in [-0.1, -0.05) is 31.9 Å². The Balaban J connectivity index is 0.000000220. The van der Waals surface area contributed by atoms with Crippen molar-refractivity contribution < 1.29 is 19.8 Å². The lowest BCUT2D eigenvalue weighted by atomic mass is 10.2. The Bertz CT molecular complexity index is 660. The van der Waals surface area contributed by atoms with Crippen molar-refractivity contribution in [3.05, 3.63) is 56.5 Å².